The van der Waals surface area contributed by atoms with Gasteiger partial charge in [0.25, 0.3) is 5.91 Å². The maximum atomic E-state index is 12.5. The fourth-order valence-corrected chi connectivity index (χ4v) is 3.10. The molecule has 1 aliphatic heterocycles. The molecule has 2 atom stereocenters. The average molecular weight is 275 g/mol. The predicted molar refractivity (Wildman–Crippen MR) is 71.8 cm³/mol. The van der Waals surface area contributed by atoms with Crippen LogP contribution in [0.2, 0.25) is 0 Å². The van der Waals surface area contributed by atoms with Gasteiger partial charge < -0.3 is 14.7 Å². The first-order chi connectivity index (χ1) is 9.66. The summed E-state index contributed by atoms with van der Waals surface area (Å²) in [5.74, 6) is -1.01. The number of benzene rings is 1. The number of carbonyl (C=O) groups excluding carboxylic acids is 1. The van der Waals surface area contributed by atoms with E-state index in [0.29, 0.717) is 18.7 Å². The summed E-state index contributed by atoms with van der Waals surface area (Å²) in [5.41, 5.74) is 0.741. The molecule has 5 heteroatoms. The summed E-state index contributed by atoms with van der Waals surface area (Å²) >= 11 is 0. The number of ether oxygens (including phenoxy) is 1. The zero-order valence-corrected chi connectivity index (χ0v) is 11.1. The predicted octanol–water partition coefficient (Wildman–Crippen LogP) is 1.78. The molecule has 3 rings (SSSR count). The molecular formula is C15H17NO4. The molecule has 0 spiro atoms. The van der Waals surface area contributed by atoms with Crippen LogP contribution in [0.5, 0.6) is 0 Å². The lowest BCUT2D eigenvalue weighted by Gasteiger charge is -2.37. The highest BCUT2D eigenvalue weighted by Gasteiger charge is 2.38. The third kappa shape index (κ3) is 2.29. The van der Waals surface area contributed by atoms with Gasteiger partial charge in [0.1, 0.15) is 0 Å². The lowest BCUT2D eigenvalue weighted by Crippen LogP contribution is -2.51. The Kier molecular flexibility index (Phi) is 3.44. The van der Waals surface area contributed by atoms with E-state index < -0.39 is 5.97 Å². The first-order valence-electron chi connectivity index (χ1n) is 6.93. The second-order valence-corrected chi connectivity index (χ2v) is 5.29. The van der Waals surface area contributed by atoms with Gasteiger partial charge in [-0.25, -0.2) is 4.79 Å². The van der Waals surface area contributed by atoms with Crippen LogP contribution in [-0.4, -0.2) is 47.2 Å². The summed E-state index contributed by atoms with van der Waals surface area (Å²) < 4.78 is 5.70. The number of hydrogen-bond acceptors (Lipinski definition) is 3. The van der Waals surface area contributed by atoms with Crippen molar-refractivity contribution < 1.29 is 19.4 Å². The monoisotopic (exact) mass is 275 g/mol. The van der Waals surface area contributed by atoms with Crippen LogP contribution in [0, 0.1) is 0 Å². The number of morpholine rings is 1. The summed E-state index contributed by atoms with van der Waals surface area (Å²) in [4.78, 5) is 25.3. The van der Waals surface area contributed by atoms with E-state index in [4.69, 9.17) is 9.84 Å². The molecule has 5 nitrogen and oxygen atoms in total. The van der Waals surface area contributed by atoms with Gasteiger partial charge in [0.15, 0.2) is 0 Å². The maximum Gasteiger partial charge on any atom is 0.335 e. The molecule has 2 aliphatic rings. The van der Waals surface area contributed by atoms with Crippen LogP contribution >= 0.6 is 0 Å². The largest absolute Gasteiger partial charge is 0.478 e. The number of rotatable bonds is 2. The number of amides is 1. The summed E-state index contributed by atoms with van der Waals surface area (Å²) in [7, 11) is 0. The molecule has 1 aromatic carbocycles. The van der Waals surface area contributed by atoms with Gasteiger partial charge in [0.05, 0.1) is 24.3 Å². The molecule has 1 aromatic rings. The number of aromatic carboxylic acids is 1. The van der Waals surface area contributed by atoms with Crippen molar-refractivity contribution in [2.24, 2.45) is 0 Å². The Hall–Kier alpha value is -1.88. The maximum absolute atomic E-state index is 12.5. The van der Waals surface area contributed by atoms with E-state index >= 15 is 0 Å². The van der Waals surface area contributed by atoms with Crippen molar-refractivity contribution in [2.75, 3.05) is 13.2 Å². The summed E-state index contributed by atoms with van der Waals surface area (Å²) in [5, 5.41) is 8.87. The molecule has 1 saturated carbocycles. The van der Waals surface area contributed by atoms with Crippen LogP contribution in [0.3, 0.4) is 0 Å². The van der Waals surface area contributed by atoms with Gasteiger partial charge in [-0.15, -0.1) is 0 Å². The number of carboxylic acids is 1. The molecule has 1 heterocycles. The van der Waals surface area contributed by atoms with Crippen molar-refractivity contribution >= 4 is 11.9 Å². The molecule has 1 aliphatic carbocycles. The lowest BCUT2D eigenvalue weighted by atomic mass is 10.1. The van der Waals surface area contributed by atoms with E-state index in [1.807, 2.05) is 4.90 Å². The van der Waals surface area contributed by atoms with E-state index in [0.717, 1.165) is 19.3 Å². The van der Waals surface area contributed by atoms with Gasteiger partial charge in [0, 0.05) is 12.1 Å². The number of fused-ring (bicyclic) bond motifs is 1. The highest BCUT2D eigenvalue weighted by atomic mass is 16.5. The van der Waals surface area contributed by atoms with E-state index in [1.54, 1.807) is 12.1 Å². The van der Waals surface area contributed by atoms with Crippen molar-refractivity contribution in [1.29, 1.82) is 0 Å². The lowest BCUT2D eigenvalue weighted by molar-refractivity contribution is -0.0445. The Bertz CT molecular complexity index is 525. The Morgan fingerprint density at radius 2 is 1.85 bits per heavy atom. The van der Waals surface area contributed by atoms with Crippen LogP contribution in [0.4, 0.5) is 0 Å². The van der Waals surface area contributed by atoms with Crippen molar-refractivity contribution in [3.05, 3.63) is 35.4 Å². The number of carbonyl (C=O) groups is 2. The molecule has 20 heavy (non-hydrogen) atoms. The second-order valence-electron chi connectivity index (χ2n) is 5.29. The second kappa shape index (κ2) is 5.25. The normalized spacial score (nSPS) is 25.3. The van der Waals surface area contributed by atoms with Gasteiger partial charge in [-0.3, -0.25) is 4.79 Å². The van der Waals surface area contributed by atoms with Gasteiger partial charge in [-0.1, -0.05) is 0 Å². The zero-order valence-electron chi connectivity index (χ0n) is 11.1. The molecule has 1 N–H and O–H groups in total. The van der Waals surface area contributed by atoms with Gasteiger partial charge in [-0.2, -0.15) is 0 Å². The highest BCUT2D eigenvalue weighted by molar-refractivity contribution is 5.96. The molecule has 2 fully saturated rings. The number of nitrogens with zero attached hydrogens (tertiary/aromatic N) is 1. The van der Waals surface area contributed by atoms with Gasteiger partial charge in [0.2, 0.25) is 0 Å². The quantitative estimate of drug-likeness (QED) is 0.893. The van der Waals surface area contributed by atoms with Crippen LogP contribution < -0.4 is 0 Å². The minimum absolute atomic E-state index is 0.0258. The Morgan fingerprint density at radius 3 is 2.55 bits per heavy atom. The average Bonchev–Trinajstić information content (AvgIpc) is 2.95. The van der Waals surface area contributed by atoms with Crippen molar-refractivity contribution in [3.63, 3.8) is 0 Å². The van der Waals surface area contributed by atoms with Crippen LogP contribution in [0.15, 0.2) is 24.3 Å². The molecule has 1 amide bonds. The molecule has 0 bridgehead atoms. The fourth-order valence-electron chi connectivity index (χ4n) is 3.10. The molecule has 0 unspecified atom stereocenters. The minimum Gasteiger partial charge on any atom is -0.478 e. The van der Waals surface area contributed by atoms with Crippen molar-refractivity contribution in [2.45, 2.75) is 31.4 Å². The standard InChI is InChI=1S/C15H17NO4/c17-14(10-4-6-11(7-5-10)15(18)19)16-8-9-20-13-3-1-2-12(13)16/h4-7,12-13H,1-3,8-9H2,(H,18,19)/t12-,13+/m0/s1. The summed E-state index contributed by atoms with van der Waals surface area (Å²) in [6.45, 7) is 1.20. The Balaban J connectivity index is 1.79. The van der Waals surface area contributed by atoms with Gasteiger partial charge in [-0.05, 0) is 43.5 Å². The smallest absolute Gasteiger partial charge is 0.335 e. The number of carboxylic acid groups (broad SMARTS) is 1. The fraction of sp³-hybridized carbons (Fsp3) is 0.467. The van der Waals surface area contributed by atoms with Crippen molar-refractivity contribution in [1.82, 2.24) is 4.90 Å². The molecular weight excluding hydrogens is 258 g/mol. The number of hydrogen-bond donors (Lipinski definition) is 1. The van der Waals surface area contributed by atoms with Gasteiger partial charge >= 0.3 is 5.97 Å². The van der Waals surface area contributed by atoms with Crippen LogP contribution in [-0.2, 0) is 4.74 Å². The highest BCUT2D eigenvalue weighted by Crippen LogP contribution is 2.30. The topological polar surface area (TPSA) is 66.8 Å². The zero-order chi connectivity index (χ0) is 14.1. The Morgan fingerprint density at radius 1 is 1.15 bits per heavy atom. The minimum atomic E-state index is -0.980. The van der Waals surface area contributed by atoms with Crippen molar-refractivity contribution in [3.8, 4) is 0 Å². The van der Waals surface area contributed by atoms with E-state index in [-0.39, 0.29) is 23.6 Å². The molecule has 1 saturated heterocycles. The summed E-state index contributed by atoms with van der Waals surface area (Å²) in [6, 6.07) is 6.30. The van der Waals surface area contributed by atoms with Crippen LogP contribution in [0.1, 0.15) is 40.0 Å². The Labute approximate surface area is 117 Å². The molecule has 106 valence electrons. The summed E-state index contributed by atoms with van der Waals surface area (Å²) in [6.07, 6.45) is 3.28. The van der Waals surface area contributed by atoms with Crippen LogP contribution in [0.25, 0.3) is 0 Å². The third-order valence-electron chi connectivity index (χ3n) is 4.12. The molecule has 0 radical (unpaired) electrons. The SMILES string of the molecule is O=C(O)c1ccc(C(=O)N2CCO[C@@H]3CCC[C@@H]32)cc1. The van der Waals surface area contributed by atoms with E-state index in [1.165, 1.54) is 12.1 Å². The first kappa shape index (κ1) is 13.1. The van der Waals surface area contributed by atoms with E-state index in [9.17, 15) is 9.59 Å². The van der Waals surface area contributed by atoms with E-state index in [2.05, 4.69) is 0 Å². The molecule has 0 aromatic heterocycles. The first-order valence-corrected chi connectivity index (χ1v) is 6.93. The third-order valence-corrected chi connectivity index (χ3v) is 4.12.